The summed E-state index contributed by atoms with van der Waals surface area (Å²) in [7, 11) is 1.90. The Bertz CT molecular complexity index is 514. The lowest BCUT2D eigenvalue weighted by atomic mass is 10.0. The molecule has 2 rings (SSSR count). The van der Waals surface area contributed by atoms with Crippen LogP contribution in [0.1, 0.15) is 17.3 Å². The summed E-state index contributed by atoms with van der Waals surface area (Å²) < 4.78 is 0. The second-order valence-electron chi connectivity index (χ2n) is 3.91. The minimum absolute atomic E-state index is 0.0992. The van der Waals surface area contributed by atoms with Crippen LogP contribution in [0.4, 0.5) is 0 Å². The molecule has 0 aliphatic heterocycles. The Kier molecular flexibility index (Phi) is 4.53. The van der Waals surface area contributed by atoms with E-state index in [9.17, 15) is 0 Å². The Morgan fingerprint density at radius 1 is 1.22 bits per heavy atom. The molecule has 0 spiro atoms. The molecule has 1 unspecified atom stereocenters. The number of nitrogens with zero attached hydrogens (tertiary/aromatic N) is 2. The molecular weight excluding hydrogens is 269 g/mol. The van der Waals surface area contributed by atoms with Gasteiger partial charge in [-0.05, 0) is 37.2 Å². The monoisotopic (exact) mass is 281 g/mol. The molecule has 1 N–H and O–H groups in total. The van der Waals surface area contributed by atoms with Crippen LogP contribution < -0.4 is 5.32 Å². The highest BCUT2D eigenvalue weighted by Gasteiger charge is 2.13. The molecule has 2 aromatic rings. The van der Waals surface area contributed by atoms with Gasteiger partial charge in [-0.15, -0.1) is 0 Å². The van der Waals surface area contributed by atoms with Gasteiger partial charge in [0.2, 0.25) is 0 Å². The number of likely N-dealkylation sites (N-methyl/N-ethyl adjacent to an activating group) is 1. The second-order valence-corrected chi connectivity index (χ2v) is 4.76. The average Bonchev–Trinajstić information content (AvgIpc) is 2.39. The van der Waals surface area contributed by atoms with E-state index in [4.69, 9.17) is 23.2 Å². The molecule has 2 aromatic heterocycles. The fourth-order valence-electron chi connectivity index (χ4n) is 1.74. The summed E-state index contributed by atoms with van der Waals surface area (Å²) in [5.74, 6) is 0. The zero-order valence-electron chi connectivity index (χ0n) is 9.90. The zero-order valence-corrected chi connectivity index (χ0v) is 11.4. The number of rotatable bonds is 4. The normalized spacial score (nSPS) is 12.4. The van der Waals surface area contributed by atoms with Crippen molar-refractivity contribution in [2.75, 3.05) is 7.05 Å². The van der Waals surface area contributed by atoms with Gasteiger partial charge in [-0.1, -0.05) is 23.2 Å². The Balaban J connectivity index is 2.20. The maximum absolute atomic E-state index is 6.11. The molecular formula is C13H13Cl2N3. The lowest BCUT2D eigenvalue weighted by molar-refractivity contribution is 0.576. The van der Waals surface area contributed by atoms with E-state index in [2.05, 4.69) is 15.3 Å². The largest absolute Gasteiger partial charge is 0.311 e. The molecule has 0 saturated heterocycles. The first-order valence-corrected chi connectivity index (χ1v) is 6.33. The molecule has 1 atom stereocenters. The summed E-state index contributed by atoms with van der Waals surface area (Å²) in [6.07, 6.45) is 5.80. The summed E-state index contributed by atoms with van der Waals surface area (Å²) in [5, 5.41) is 4.54. The number of hydrogen-bond acceptors (Lipinski definition) is 3. The molecule has 18 heavy (non-hydrogen) atoms. The summed E-state index contributed by atoms with van der Waals surface area (Å²) in [6.45, 7) is 0. The number of aromatic nitrogens is 2. The first-order valence-electron chi connectivity index (χ1n) is 5.58. The van der Waals surface area contributed by atoms with Gasteiger partial charge >= 0.3 is 0 Å². The lowest BCUT2D eigenvalue weighted by Crippen LogP contribution is -2.20. The predicted octanol–water partition coefficient (Wildman–Crippen LogP) is 3.29. The quantitative estimate of drug-likeness (QED) is 0.935. The standard InChI is InChI=1S/C13H13Cl2N3/c1-16-13(12-3-2-10(14)7-18-12)6-9-4-5-17-8-11(9)15/h2-5,7-8,13,16H,6H2,1H3. The Morgan fingerprint density at radius 2 is 2.06 bits per heavy atom. The molecule has 3 nitrogen and oxygen atoms in total. The Hall–Kier alpha value is -1.16. The van der Waals surface area contributed by atoms with Gasteiger partial charge in [-0.2, -0.15) is 0 Å². The van der Waals surface area contributed by atoms with E-state index in [1.54, 1.807) is 18.6 Å². The highest BCUT2D eigenvalue weighted by Crippen LogP contribution is 2.22. The van der Waals surface area contributed by atoms with Crippen LogP contribution in [0.3, 0.4) is 0 Å². The van der Waals surface area contributed by atoms with Crippen molar-refractivity contribution in [2.24, 2.45) is 0 Å². The minimum Gasteiger partial charge on any atom is -0.311 e. The fraction of sp³-hybridized carbons (Fsp3) is 0.231. The number of halogens is 2. The van der Waals surface area contributed by atoms with Gasteiger partial charge < -0.3 is 5.32 Å². The number of nitrogens with one attached hydrogen (secondary N) is 1. The fourth-order valence-corrected chi connectivity index (χ4v) is 2.05. The third kappa shape index (κ3) is 3.19. The van der Waals surface area contributed by atoms with E-state index in [1.165, 1.54) is 0 Å². The van der Waals surface area contributed by atoms with Gasteiger partial charge in [-0.3, -0.25) is 9.97 Å². The summed E-state index contributed by atoms with van der Waals surface area (Å²) in [5.41, 5.74) is 1.98. The van der Waals surface area contributed by atoms with Gasteiger partial charge in [0.25, 0.3) is 0 Å². The Labute approximate surface area is 116 Å². The van der Waals surface area contributed by atoms with Gasteiger partial charge in [0.05, 0.1) is 21.8 Å². The van der Waals surface area contributed by atoms with Crippen LogP contribution in [0.15, 0.2) is 36.8 Å². The van der Waals surface area contributed by atoms with Crippen molar-refractivity contribution in [1.29, 1.82) is 0 Å². The molecule has 0 amide bonds. The van der Waals surface area contributed by atoms with Crippen LogP contribution in [0.5, 0.6) is 0 Å². The second kappa shape index (κ2) is 6.14. The van der Waals surface area contributed by atoms with Crippen molar-refractivity contribution >= 4 is 23.2 Å². The minimum atomic E-state index is 0.0992. The van der Waals surface area contributed by atoms with Crippen LogP contribution in [0.25, 0.3) is 0 Å². The van der Waals surface area contributed by atoms with E-state index in [0.29, 0.717) is 10.0 Å². The maximum Gasteiger partial charge on any atom is 0.0622 e. The van der Waals surface area contributed by atoms with Crippen molar-refractivity contribution in [3.8, 4) is 0 Å². The van der Waals surface area contributed by atoms with Crippen molar-refractivity contribution in [3.63, 3.8) is 0 Å². The molecule has 0 aliphatic rings. The van der Waals surface area contributed by atoms with Crippen molar-refractivity contribution in [3.05, 3.63) is 58.1 Å². The molecule has 5 heteroatoms. The van der Waals surface area contributed by atoms with E-state index >= 15 is 0 Å². The van der Waals surface area contributed by atoms with Crippen molar-refractivity contribution in [2.45, 2.75) is 12.5 Å². The zero-order chi connectivity index (χ0) is 13.0. The van der Waals surface area contributed by atoms with Crippen LogP contribution >= 0.6 is 23.2 Å². The predicted molar refractivity (Wildman–Crippen MR) is 74.0 cm³/mol. The van der Waals surface area contributed by atoms with E-state index in [0.717, 1.165) is 17.7 Å². The molecule has 94 valence electrons. The van der Waals surface area contributed by atoms with Crippen LogP contribution in [-0.4, -0.2) is 17.0 Å². The third-order valence-electron chi connectivity index (χ3n) is 2.74. The van der Waals surface area contributed by atoms with Crippen LogP contribution in [-0.2, 0) is 6.42 Å². The van der Waals surface area contributed by atoms with Crippen molar-refractivity contribution < 1.29 is 0 Å². The summed E-state index contributed by atoms with van der Waals surface area (Å²) >= 11 is 11.9. The van der Waals surface area contributed by atoms with E-state index in [-0.39, 0.29) is 6.04 Å². The summed E-state index contributed by atoms with van der Waals surface area (Å²) in [6, 6.07) is 5.77. The van der Waals surface area contributed by atoms with Crippen molar-refractivity contribution in [1.82, 2.24) is 15.3 Å². The topological polar surface area (TPSA) is 37.8 Å². The van der Waals surface area contributed by atoms with Gasteiger partial charge in [0.15, 0.2) is 0 Å². The number of hydrogen-bond donors (Lipinski definition) is 1. The Morgan fingerprint density at radius 3 is 2.67 bits per heavy atom. The first kappa shape index (κ1) is 13.3. The highest BCUT2D eigenvalue weighted by atomic mass is 35.5. The lowest BCUT2D eigenvalue weighted by Gasteiger charge is -2.16. The molecule has 0 bridgehead atoms. The molecule has 0 saturated carbocycles. The molecule has 0 fully saturated rings. The van der Waals surface area contributed by atoms with E-state index < -0.39 is 0 Å². The van der Waals surface area contributed by atoms with Crippen LogP contribution in [0, 0.1) is 0 Å². The smallest absolute Gasteiger partial charge is 0.0622 e. The number of pyridine rings is 2. The average molecular weight is 282 g/mol. The SMILES string of the molecule is CNC(Cc1ccncc1Cl)c1ccc(Cl)cn1. The maximum atomic E-state index is 6.11. The molecule has 0 aliphatic carbocycles. The molecule has 0 aromatic carbocycles. The molecule has 2 heterocycles. The summed E-state index contributed by atoms with van der Waals surface area (Å²) in [4.78, 5) is 8.30. The van der Waals surface area contributed by atoms with Crippen LogP contribution in [0.2, 0.25) is 10.0 Å². The van der Waals surface area contributed by atoms with E-state index in [1.807, 2.05) is 25.2 Å². The molecule has 0 radical (unpaired) electrons. The third-order valence-corrected chi connectivity index (χ3v) is 3.30. The van der Waals surface area contributed by atoms with Gasteiger partial charge in [-0.25, -0.2) is 0 Å². The van der Waals surface area contributed by atoms with Gasteiger partial charge in [0, 0.05) is 18.6 Å². The highest BCUT2D eigenvalue weighted by molar-refractivity contribution is 6.31. The first-order chi connectivity index (χ1) is 8.70. The van der Waals surface area contributed by atoms with Gasteiger partial charge in [0.1, 0.15) is 0 Å².